The van der Waals surface area contributed by atoms with E-state index in [-0.39, 0.29) is 0 Å². The van der Waals surface area contributed by atoms with Gasteiger partial charge in [-0.1, -0.05) is 6.92 Å². The lowest BCUT2D eigenvalue weighted by molar-refractivity contribution is 0.402. The molecular weight excluding hydrogens is 174 g/mol. The van der Waals surface area contributed by atoms with Crippen LogP contribution in [0.4, 0.5) is 0 Å². The van der Waals surface area contributed by atoms with Crippen LogP contribution in [0.25, 0.3) is 0 Å². The molecule has 2 fully saturated rings. The molecule has 0 amide bonds. The summed E-state index contributed by atoms with van der Waals surface area (Å²) in [6.07, 6.45) is 1.35. The van der Waals surface area contributed by atoms with Crippen LogP contribution in [-0.2, 0) is 0 Å². The number of hydrogen-bond acceptors (Lipinski definition) is 3. The quantitative estimate of drug-likeness (QED) is 0.624. The summed E-state index contributed by atoms with van der Waals surface area (Å²) in [4.78, 5) is 0.461. The average molecular weight is 189 g/mol. The van der Waals surface area contributed by atoms with Crippen LogP contribution in [0.3, 0.4) is 0 Å². The lowest BCUT2D eigenvalue weighted by Gasteiger charge is -2.37. The number of rotatable bonds is 0. The van der Waals surface area contributed by atoms with E-state index in [0.29, 0.717) is 4.87 Å². The normalized spacial score (nSPS) is 45.0. The maximum atomic E-state index is 3.69. The van der Waals surface area contributed by atoms with Gasteiger partial charge in [0.25, 0.3) is 0 Å². The Labute approximate surface area is 77.1 Å². The van der Waals surface area contributed by atoms with Gasteiger partial charge in [-0.05, 0) is 30.4 Å². The van der Waals surface area contributed by atoms with E-state index in [1.54, 1.807) is 0 Å². The second-order valence-electron chi connectivity index (χ2n) is 3.43. The molecule has 2 saturated heterocycles. The first-order valence-electron chi connectivity index (χ1n) is 4.30. The highest BCUT2D eigenvalue weighted by Crippen LogP contribution is 2.43. The predicted molar refractivity (Wildman–Crippen MR) is 54.3 cm³/mol. The van der Waals surface area contributed by atoms with Crippen molar-refractivity contribution in [2.75, 3.05) is 23.8 Å². The molecule has 64 valence electrons. The molecule has 2 rings (SSSR count). The summed E-state index contributed by atoms with van der Waals surface area (Å²) >= 11 is 4.25. The Morgan fingerprint density at radius 1 is 1.55 bits per heavy atom. The highest BCUT2D eigenvalue weighted by Gasteiger charge is 2.41. The monoisotopic (exact) mass is 189 g/mol. The summed E-state index contributed by atoms with van der Waals surface area (Å²) < 4.78 is 0. The maximum Gasteiger partial charge on any atom is 0.0770 e. The van der Waals surface area contributed by atoms with Crippen LogP contribution in [0.1, 0.15) is 13.3 Å². The minimum atomic E-state index is 0.461. The van der Waals surface area contributed by atoms with E-state index < -0.39 is 0 Å². The Morgan fingerprint density at radius 2 is 2.45 bits per heavy atom. The fourth-order valence-electron chi connectivity index (χ4n) is 1.75. The summed E-state index contributed by atoms with van der Waals surface area (Å²) in [5.41, 5.74) is 0. The molecule has 0 radical (unpaired) electrons. The molecule has 3 heteroatoms. The summed E-state index contributed by atoms with van der Waals surface area (Å²) in [7, 11) is 0. The first kappa shape index (κ1) is 8.27. The Kier molecular flexibility index (Phi) is 2.40. The van der Waals surface area contributed by atoms with E-state index >= 15 is 0 Å². The van der Waals surface area contributed by atoms with Crippen molar-refractivity contribution in [3.8, 4) is 0 Å². The van der Waals surface area contributed by atoms with Crippen LogP contribution < -0.4 is 5.32 Å². The van der Waals surface area contributed by atoms with Gasteiger partial charge in [0.05, 0.1) is 4.87 Å². The van der Waals surface area contributed by atoms with Gasteiger partial charge in [0.2, 0.25) is 0 Å². The number of hydrogen-bond donors (Lipinski definition) is 1. The molecule has 2 unspecified atom stereocenters. The molecule has 1 N–H and O–H groups in total. The summed E-state index contributed by atoms with van der Waals surface area (Å²) in [6, 6.07) is 0. The molecule has 2 heterocycles. The largest absolute Gasteiger partial charge is 0.302 e. The van der Waals surface area contributed by atoms with Crippen molar-refractivity contribution in [1.82, 2.24) is 5.32 Å². The van der Waals surface area contributed by atoms with Crippen LogP contribution in [0, 0.1) is 5.92 Å². The summed E-state index contributed by atoms with van der Waals surface area (Å²) in [6.45, 7) is 3.61. The van der Waals surface area contributed by atoms with Crippen molar-refractivity contribution < 1.29 is 0 Å². The van der Waals surface area contributed by atoms with Crippen molar-refractivity contribution in [1.29, 1.82) is 0 Å². The molecule has 2 aliphatic heterocycles. The van der Waals surface area contributed by atoms with Crippen molar-refractivity contribution in [3.63, 3.8) is 0 Å². The molecule has 0 aliphatic carbocycles. The zero-order valence-electron chi connectivity index (χ0n) is 6.93. The van der Waals surface area contributed by atoms with Crippen LogP contribution in [0.15, 0.2) is 0 Å². The van der Waals surface area contributed by atoms with Gasteiger partial charge in [-0.3, -0.25) is 0 Å². The average Bonchev–Trinajstić information content (AvgIpc) is 2.36. The molecule has 2 aliphatic rings. The SMILES string of the molecule is CC1CSCC12NCCCS2. The minimum Gasteiger partial charge on any atom is -0.302 e. The molecular formula is C8H15NS2. The molecule has 11 heavy (non-hydrogen) atoms. The van der Waals surface area contributed by atoms with Crippen LogP contribution in [-0.4, -0.2) is 28.7 Å². The molecule has 0 aromatic rings. The van der Waals surface area contributed by atoms with Gasteiger partial charge in [-0.15, -0.1) is 11.8 Å². The first-order valence-corrected chi connectivity index (χ1v) is 6.44. The smallest absolute Gasteiger partial charge is 0.0770 e. The highest BCUT2D eigenvalue weighted by atomic mass is 32.2. The van der Waals surface area contributed by atoms with Gasteiger partial charge < -0.3 is 5.32 Å². The van der Waals surface area contributed by atoms with Crippen molar-refractivity contribution in [2.45, 2.75) is 18.2 Å². The molecule has 1 spiro atoms. The molecule has 2 atom stereocenters. The van der Waals surface area contributed by atoms with Crippen molar-refractivity contribution >= 4 is 23.5 Å². The van der Waals surface area contributed by atoms with Crippen LogP contribution in [0.2, 0.25) is 0 Å². The standard InChI is InChI=1S/C8H15NS2/c1-7-5-10-6-8(7)9-3-2-4-11-8/h7,9H,2-6H2,1H3. The molecule has 1 nitrogen and oxygen atoms in total. The van der Waals surface area contributed by atoms with Crippen molar-refractivity contribution in [2.24, 2.45) is 5.92 Å². The van der Waals surface area contributed by atoms with E-state index in [1.165, 1.54) is 30.2 Å². The first-order chi connectivity index (χ1) is 5.33. The van der Waals surface area contributed by atoms with E-state index in [1.807, 2.05) is 0 Å². The zero-order valence-corrected chi connectivity index (χ0v) is 8.56. The summed E-state index contributed by atoms with van der Waals surface area (Å²) in [5, 5.41) is 3.69. The van der Waals surface area contributed by atoms with E-state index in [2.05, 4.69) is 35.8 Å². The highest BCUT2D eigenvalue weighted by molar-refractivity contribution is 8.04. The zero-order chi connectivity index (χ0) is 7.73. The van der Waals surface area contributed by atoms with Gasteiger partial charge >= 0.3 is 0 Å². The van der Waals surface area contributed by atoms with E-state index in [9.17, 15) is 0 Å². The van der Waals surface area contributed by atoms with Crippen molar-refractivity contribution in [3.05, 3.63) is 0 Å². The third-order valence-corrected chi connectivity index (χ3v) is 5.86. The Bertz CT molecular complexity index is 143. The van der Waals surface area contributed by atoms with Crippen LogP contribution in [0.5, 0.6) is 0 Å². The Morgan fingerprint density at radius 3 is 3.00 bits per heavy atom. The van der Waals surface area contributed by atoms with Gasteiger partial charge in [-0.25, -0.2) is 0 Å². The third kappa shape index (κ3) is 1.43. The number of thioether (sulfide) groups is 2. The van der Waals surface area contributed by atoms with Gasteiger partial charge in [0, 0.05) is 5.75 Å². The minimum absolute atomic E-state index is 0.461. The lowest BCUT2D eigenvalue weighted by atomic mass is 10.1. The van der Waals surface area contributed by atoms with Gasteiger partial charge in [0.1, 0.15) is 0 Å². The van der Waals surface area contributed by atoms with Crippen LogP contribution >= 0.6 is 23.5 Å². The molecule has 0 aromatic carbocycles. The maximum absolute atomic E-state index is 3.69. The Balaban J connectivity index is 2.06. The van der Waals surface area contributed by atoms with Gasteiger partial charge in [0.15, 0.2) is 0 Å². The fourth-order valence-corrected chi connectivity index (χ4v) is 5.11. The van der Waals surface area contributed by atoms with E-state index in [0.717, 1.165) is 5.92 Å². The third-order valence-electron chi connectivity index (χ3n) is 2.59. The molecule has 0 bridgehead atoms. The fraction of sp³-hybridized carbons (Fsp3) is 1.00. The number of nitrogens with one attached hydrogen (secondary N) is 1. The second-order valence-corrected chi connectivity index (χ2v) is 5.89. The molecule has 0 aromatic heterocycles. The summed E-state index contributed by atoms with van der Waals surface area (Å²) in [5.74, 6) is 4.88. The molecule has 0 saturated carbocycles. The van der Waals surface area contributed by atoms with E-state index in [4.69, 9.17) is 0 Å². The topological polar surface area (TPSA) is 12.0 Å². The predicted octanol–water partition coefficient (Wildman–Crippen LogP) is 1.79. The second kappa shape index (κ2) is 3.19. The van der Waals surface area contributed by atoms with Gasteiger partial charge in [-0.2, -0.15) is 11.8 Å². The lowest BCUT2D eigenvalue weighted by Crippen LogP contribution is -2.50. The Hall–Kier alpha value is 0.660.